The fraction of sp³-hybridized carbons (Fsp3) is 0.424. The molecule has 2 aromatic carbocycles. The zero-order chi connectivity index (χ0) is 36.2. The van der Waals surface area contributed by atoms with Crippen molar-refractivity contribution in [1.82, 2.24) is 15.1 Å². The molecule has 2 heterocycles. The van der Waals surface area contributed by atoms with Crippen molar-refractivity contribution < 1.29 is 46.3 Å². The molecule has 2 amide bonds. The zero-order valence-corrected chi connectivity index (χ0v) is 30.2. The molecular formula is C33H43N3O10S3. The number of aromatic nitrogens is 1. The second kappa shape index (κ2) is 18.5. The molecule has 4 rings (SSSR count). The molecule has 268 valence electrons. The van der Waals surface area contributed by atoms with Crippen LogP contribution in [0.3, 0.4) is 0 Å². The van der Waals surface area contributed by atoms with Gasteiger partial charge in [0.15, 0.2) is 19.7 Å². The minimum absolute atomic E-state index is 0.0459. The van der Waals surface area contributed by atoms with Crippen molar-refractivity contribution >= 4 is 64.8 Å². The first-order chi connectivity index (χ1) is 23.1. The number of rotatable bonds is 18. The van der Waals surface area contributed by atoms with Crippen molar-refractivity contribution in [3.05, 3.63) is 77.3 Å². The number of nitrogens with zero attached hydrogens (tertiary/aromatic N) is 3. The number of sulfone groups is 2. The molecule has 2 N–H and O–H groups in total. The van der Waals surface area contributed by atoms with Crippen molar-refractivity contribution in [2.75, 3.05) is 24.7 Å². The molecule has 0 saturated carbocycles. The van der Waals surface area contributed by atoms with Gasteiger partial charge < -0.3 is 9.47 Å². The van der Waals surface area contributed by atoms with Crippen LogP contribution in [0.25, 0.3) is 21.0 Å². The van der Waals surface area contributed by atoms with Crippen LogP contribution in [0.4, 0.5) is 0 Å². The minimum Gasteiger partial charge on any atom is -0.377 e. The third-order valence-electron chi connectivity index (χ3n) is 7.04. The van der Waals surface area contributed by atoms with Crippen molar-refractivity contribution in [2.45, 2.75) is 63.5 Å². The smallest absolute Gasteiger partial charge is 0.233 e. The highest BCUT2D eigenvalue weighted by Crippen LogP contribution is 2.23. The van der Waals surface area contributed by atoms with E-state index in [1.165, 1.54) is 6.20 Å². The summed E-state index contributed by atoms with van der Waals surface area (Å²) in [6.07, 6.45) is 1.63. The van der Waals surface area contributed by atoms with Crippen LogP contribution in [0.5, 0.6) is 0 Å². The summed E-state index contributed by atoms with van der Waals surface area (Å²) in [5.41, 5.74) is 2.02. The number of ether oxygens (including phenoxy) is 2. The molecule has 0 aliphatic rings. The number of thiophene rings is 1. The molecule has 0 spiro atoms. The number of hydrogen-bond donors (Lipinski definition) is 2. The molecule has 13 nitrogen and oxygen atoms in total. The van der Waals surface area contributed by atoms with Gasteiger partial charge in [-0.05, 0) is 79.9 Å². The third kappa shape index (κ3) is 13.4. The van der Waals surface area contributed by atoms with Gasteiger partial charge in [0.05, 0.1) is 66.0 Å². The molecule has 4 aromatic rings. The summed E-state index contributed by atoms with van der Waals surface area (Å²) in [7, 11) is -7.11. The van der Waals surface area contributed by atoms with Crippen molar-refractivity contribution in [3.63, 3.8) is 0 Å². The Labute approximate surface area is 290 Å². The molecule has 49 heavy (non-hydrogen) atoms. The van der Waals surface area contributed by atoms with E-state index in [2.05, 4.69) is 4.98 Å². The molecule has 0 aliphatic heterocycles. The Kier molecular flexibility index (Phi) is 15.1. The van der Waals surface area contributed by atoms with Gasteiger partial charge in [0.2, 0.25) is 12.8 Å². The predicted molar refractivity (Wildman–Crippen MR) is 188 cm³/mol. The normalized spacial score (nSPS) is 13.2. The number of para-hydroxylation sites is 1. The monoisotopic (exact) mass is 737 g/mol. The Bertz CT molecular complexity index is 1880. The van der Waals surface area contributed by atoms with E-state index in [0.29, 0.717) is 21.3 Å². The Hall–Kier alpha value is -3.51. The Morgan fingerprint density at radius 3 is 1.84 bits per heavy atom. The van der Waals surface area contributed by atoms with Gasteiger partial charge in [-0.2, -0.15) is 0 Å². The first-order valence-corrected chi connectivity index (χ1v) is 19.9. The largest absolute Gasteiger partial charge is 0.377 e. The maximum absolute atomic E-state index is 12.5. The molecule has 2 atom stereocenters. The summed E-state index contributed by atoms with van der Waals surface area (Å²) < 4.78 is 61.6. The van der Waals surface area contributed by atoms with Gasteiger partial charge in [-0.3, -0.25) is 25.0 Å². The summed E-state index contributed by atoms with van der Waals surface area (Å²) in [5, 5.41) is 23.7. The molecule has 16 heteroatoms. The Balaban J connectivity index is 0.000000266. The highest BCUT2D eigenvalue weighted by molar-refractivity contribution is 7.90. The summed E-state index contributed by atoms with van der Waals surface area (Å²) in [6.45, 7) is 7.05. The average Bonchev–Trinajstić information content (AvgIpc) is 3.52. The zero-order valence-electron chi connectivity index (χ0n) is 27.8. The van der Waals surface area contributed by atoms with E-state index in [9.17, 15) is 36.8 Å². The maximum atomic E-state index is 12.5. The first kappa shape index (κ1) is 39.9. The molecule has 0 fully saturated rings. The molecule has 2 unspecified atom stereocenters. The lowest BCUT2D eigenvalue weighted by atomic mass is 10.2. The number of fused-ring (bicyclic) bond motifs is 2. The number of carbonyl (C=O) groups is 2. The van der Waals surface area contributed by atoms with Crippen LogP contribution in [-0.4, -0.2) is 104 Å². The number of hydroxylamine groups is 4. The van der Waals surface area contributed by atoms with Gasteiger partial charge >= 0.3 is 0 Å². The second-order valence-corrected chi connectivity index (χ2v) is 17.1. The van der Waals surface area contributed by atoms with Crippen molar-refractivity contribution in [2.24, 2.45) is 0 Å². The van der Waals surface area contributed by atoms with Gasteiger partial charge in [-0.1, -0.05) is 24.3 Å². The molecule has 0 saturated heterocycles. The van der Waals surface area contributed by atoms with Crippen molar-refractivity contribution in [3.8, 4) is 0 Å². The van der Waals surface area contributed by atoms with Crippen LogP contribution >= 0.6 is 11.3 Å². The van der Waals surface area contributed by atoms with Gasteiger partial charge in [-0.15, -0.1) is 11.3 Å². The third-order valence-corrected chi connectivity index (χ3v) is 11.3. The van der Waals surface area contributed by atoms with Crippen LogP contribution in [0, 0.1) is 0 Å². The number of benzene rings is 2. The predicted octanol–water partition coefficient (Wildman–Crippen LogP) is 4.25. The standard InChI is InChI=1S/C17H22N2O5S.C16H21NO5S2/c1-13(2)24-9-16(19(21)12-20)11-25(22,23)10-14-7-15-5-3-4-6-17(15)18-8-14;1-12(2)22-8-15(17(19)11-18)10-24(20,21)9-13-3-4-16-14(7-13)5-6-23-16/h3-8,12-13,16,21H,9-11H2,1-2H3;3-7,11-12,15,19H,8-10H2,1-2H3. The highest BCUT2D eigenvalue weighted by Gasteiger charge is 2.26. The molecule has 0 aliphatic carbocycles. The fourth-order valence-corrected chi connectivity index (χ4v) is 8.72. The Morgan fingerprint density at radius 1 is 0.755 bits per heavy atom. The lowest BCUT2D eigenvalue weighted by Gasteiger charge is -2.23. The highest BCUT2D eigenvalue weighted by atomic mass is 32.2. The van der Waals surface area contributed by atoms with Crippen LogP contribution in [0.15, 0.2) is 66.2 Å². The van der Waals surface area contributed by atoms with Gasteiger partial charge in [-0.25, -0.2) is 27.0 Å². The number of amides is 2. The number of pyridine rings is 1. The van der Waals surface area contributed by atoms with Gasteiger partial charge in [0.25, 0.3) is 0 Å². The van der Waals surface area contributed by atoms with E-state index in [-0.39, 0.29) is 55.5 Å². The molecular weight excluding hydrogens is 695 g/mol. The fourth-order valence-electron chi connectivity index (χ4n) is 4.69. The van der Waals surface area contributed by atoms with E-state index in [4.69, 9.17) is 9.47 Å². The Morgan fingerprint density at radius 2 is 1.29 bits per heavy atom. The molecule has 0 bridgehead atoms. The van der Waals surface area contributed by atoms with Crippen LogP contribution in [0.2, 0.25) is 0 Å². The van der Waals surface area contributed by atoms with Crippen LogP contribution in [0.1, 0.15) is 38.8 Å². The van der Waals surface area contributed by atoms with Crippen LogP contribution < -0.4 is 0 Å². The van der Waals surface area contributed by atoms with E-state index < -0.39 is 37.5 Å². The minimum atomic E-state index is -3.59. The van der Waals surface area contributed by atoms with Crippen LogP contribution in [-0.2, 0) is 50.2 Å². The number of hydrogen-bond acceptors (Lipinski definition) is 12. The second-order valence-electron chi connectivity index (χ2n) is 12.0. The lowest BCUT2D eigenvalue weighted by molar-refractivity contribution is -0.164. The maximum Gasteiger partial charge on any atom is 0.233 e. The summed E-state index contributed by atoms with van der Waals surface area (Å²) >= 11 is 1.60. The van der Waals surface area contributed by atoms with E-state index in [0.717, 1.165) is 21.0 Å². The summed E-state index contributed by atoms with van der Waals surface area (Å²) in [5.74, 6) is -1.14. The van der Waals surface area contributed by atoms with Gasteiger partial charge in [0, 0.05) is 16.3 Å². The van der Waals surface area contributed by atoms with Gasteiger partial charge in [0.1, 0.15) is 0 Å². The van der Waals surface area contributed by atoms with E-state index >= 15 is 0 Å². The SMILES string of the molecule is CC(C)OCC(CS(=O)(=O)Cc1ccc2sccc2c1)N(O)C=O.CC(C)OCC(CS(=O)(=O)Cc1cnc2ccccc2c1)N(O)C=O. The van der Waals surface area contributed by atoms with Crippen molar-refractivity contribution in [1.29, 1.82) is 0 Å². The number of carbonyl (C=O) groups excluding carboxylic acids is 2. The summed E-state index contributed by atoms with van der Waals surface area (Å²) in [6, 6.07) is 14.8. The first-order valence-electron chi connectivity index (χ1n) is 15.4. The average molecular weight is 738 g/mol. The molecule has 2 aromatic heterocycles. The molecule has 0 radical (unpaired) electrons. The van der Waals surface area contributed by atoms with E-state index in [1.807, 2.05) is 47.8 Å². The van der Waals surface area contributed by atoms with E-state index in [1.54, 1.807) is 51.2 Å². The summed E-state index contributed by atoms with van der Waals surface area (Å²) in [4.78, 5) is 25.8. The lowest BCUT2D eigenvalue weighted by Crippen LogP contribution is -2.41. The quantitative estimate of drug-likeness (QED) is 0.0847. The topological polar surface area (TPSA) is 181 Å².